The van der Waals surface area contributed by atoms with Crippen LogP contribution in [0.3, 0.4) is 0 Å². The fraction of sp³-hybridized carbons (Fsp3) is 0.481. The van der Waals surface area contributed by atoms with Crippen molar-refractivity contribution in [3.63, 3.8) is 0 Å². The van der Waals surface area contributed by atoms with Gasteiger partial charge in [0.05, 0.1) is 12.8 Å². The molecule has 13 heteroatoms. The van der Waals surface area contributed by atoms with Crippen LogP contribution in [0.4, 0.5) is 24.8 Å². The van der Waals surface area contributed by atoms with Gasteiger partial charge >= 0.3 is 12.1 Å². The van der Waals surface area contributed by atoms with Crippen molar-refractivity contribution < 1.29 is 27.8 Å². The maximum absolute atomic E-state index is 10.6. The van der Waals surface area contributed by atoms with Crippen molar-refractivity contribution in [1.29, 1.82) is 0 Å². The number of fused-ring (bicyclic) bond motifs is 1. The molecule has 2 N–H and O–H groups in total. The molecule has 1 fully saturated rings. The lowest BCUT2D eigenvalue weighted by Crippen LogP contribution is -2.35. The summed E-state index contributed by atoms with van der Waals surface area (Å²) in [6, 6.07) is 6.30. The number of anilines is 2. The molecule has 2 aliphatic heterocycles. The lowest BCUT2D eigenvalue weighted by molar-refractivity contribution is -0.192. The first-order valence-corrected chi connectivity index (χ1v) is 13.4. The normalized spacial score (nSPS) is 16.1. The van der Waals surface area contributed by atoms with Crippen LogP contribution in [-0.4, -0.2) is 70.5 Å². The van der Waals surface area contributed by atoms with Crippen LogP contribution in [0.15, 0.2) is 24.5 Å². The van der Waals surface area contributed by atoms with Gasteiger partial charge in [0, 0.05) is 37.8 Å². The molecule has 0 saturated carbocycles. The van der Waals surface area contributed by atoms with Crippen molar-refractivity contribution in [2.75, 3.05) is 43.1 Å². The first-order chi connectivity index (χ1) is 19.0. The number of carboxylic acids is 1. The van der Waals surface area contributed by atoms with E-state index < -0.39 is 12.1 Å². The number of carboxylic acid groups (broad SMARTS) is 1. The Labute approximate surface area is 235 Å². The number of benzene rings is 1. The number of hydrogen-bond acceptors (Lipinski definition) is 7. The topological polar surface area (TPSA) is 107 Å². The standard InChI is InChI=1S/C25H31ClN6O.C2HF3O2/c1-16-17(2)30-23(29-16)19-8-12-31(13-9-19)24-22(26)25(28-15-27-24)32-11-7-18-5-4-6-21(33-3)20(18)10-14-32;3-2(4,5)1(6)7/h4-6,15,19H,7-14H2,1-3H3,(H,29,30);(H,6,7). The van der Waals surface area contributed by atoms with Gasteiger partial charge in [0.1, 0.15) is 22.9 Å². The lowest BCUT2D eigenvalue weighted by atomic mass is 9.96. The van der Waals surface area contributed by atoms with Crippen molar-refractivity contribution in [1.82, 2.24) is 19.9 Å². The van der Waals surface area contributed by atoms with Crippen LogP contribution in [0.25, 0.3) is 0 Å². The van der Waals surface area contributed by atoms with Crippen LogP contribution in [-0.2, 0) is 17.6 Å². The quantitative estimate of drug-likeness (QED) is 0.439. The number of halogens is 4. The van der Waals surface area contributed by atoms with Crippen LogP contribution in [0.1, 0.15) is 47.1 Å². The molecule has 40 heavy (non-hydrogen) atoms. The molecule has 216 valence electrons. The van der Waals surface area contributed by atoms with Crippen molar-refractivity contribution in [3.05, 3.63) is 57.9 Å². The van der Waals surface area contributed by atoms with Gasteiger partial charge in [0.15, 0.2) is 11.6 Å². The number of H-pyrrole nitrogens is 1. The van der Waals surface area contributed by atoms with Crippen LogP contribution >= 0.6 is 11.6 Å². The van der Waals surface area contributed by atoms with E-state index in [1.165, 1.54) is 11.1 Å². The summed E-state index contributed by atoms with van der Waals surface area (Å²) < 4.78 is 37.3. The minimum atomic E-state index is -5.08. The number of hydrogen-bond donors (Lipinski definition) is 2. The average molecular weight is 581 g/mol. The maximum atomic E-state index is 10.6. The van der Waals surface area contributed by atoms with Crippen molar-refractivity contribution in [2.45, 2.75) is 51.6 Å². The highest BCUT2D eigenvalue weighted by atomic mass is 35.5. The lowest BCUT2D eigenvalue weighted by Gasteiger charge is -2.33. The Morgan fingerprint density at radius 2 is 1.68 bits per heavy atom. The number of nitrogens with one attached hydrogen (secondary N) is 1. The summed E-state index contributed by atoms with van der Waals surface area (Å²) in [6.45, 7) is 7.67. The molecular formula is C27H32ClF3N6O3. The second-order valence-electron chi connectivity index (χ2n) is 9.82. The van der Waals surface area contributed by atoms with E-state index in [9.17, 15) is 13.2 Å². The Balaban J connectivity index is 0.000000470. The van der Waals surface area contributed by atoms with Gasteiger partial charge in [-0.2, -0.15) is 13.2 Å². The molecule has 0 unspecified atom stereocenters. The minimum absolute atomic E-state index is 0.452. The fourth-order valence-corrected chi connectivity index (χ4v) is 5.41. The number of nitrogens with zero attached hydrogens (tertiary/aromatic N) is 5. The zero-order valence-corrected chi connectivity index (χ0v) is 23.3. The monoisotopic (exact) mass is 580 g/mol. The zero-order valence-electron chi connectivity index (χ0n) is 22.6. The number of methoxy groups -OCH3 is 1. The van der Waals surface area contributed by atoms with Crippen molar-refractivity contribution in [2.24, 2.45) is 0 Å². The number of alkyl halides is 3. The van der Waals surface area contributed by atoms with E-state index in [-0.39, 0.29) is 0 Å². The largest absolute Gasteiger partial charge is 0.496 e. The SMILES string of the molecule is COc1cccc2c1CCN(c1ncnc(N3CCC(c4nc(C)c(C)[nH]4)CC3)c1Cl)CC2.O=C(O)C(F)(F)F. The van der Waals surface area contributed by atoms with Gasteiger partial charge in [0.2, 0.25) is 0 Å². The number of aromatic amines is 1. The van der Waals surface area contributed by atoms with Gasteiger partial charge < -0.3 is 24.6 Å². The molecule has 9 nitrogen and oxygen atoms in total. The van der Waals surface area contributed by atoms with E-state index in [1.54, 1.807) is 13.4 Å². The molecule has 0 atom stereocenters. The maximum Gasteiger partial charge on any atom is 0.490 e. The first kappa shape index (κ1) is 29.4. The molecule has 2 aromatic heterocycles. The molecule has 1 aromatic carbocycles. The molecule has 0 amide bonds. The van der Waals surface area contributed by atoms with E-state index in [0.717, 1.165) is 86.5 Å². The number of imidazole rings is 1. The Hall–Kier alpha value is -3.54. The second-order valence-corrected chi connectivity index (χ2v) is 10.2. The Morgan fingerprint density at radius 1 is 1.07 bits per heavy atom. The molecular weight excluding hydrogens is 549 g/mol. The van der Waals surface area contributed by atoms with Gasteiger partial charge in [0.25, 0.3) is 0 Å². The molecule has 1 saturated heterocycles. The zero-order chi connectivity index (χ0) is 29.0. The minimum Gasteiger partial charge on any atom is -0.496 e. The molecule has 0 bridgehead atoms. The summed E-state index contributed by atoms with van der Waals surface area (Å²) in [5.74, 6) is 1.44. The third kappa shape index (κ3) is 6.60. The number of carbonyl (C=O) groups is 1. The molecule has 0 spiro atoms. The second kappa shape index (κ2) is 12.3. The smallest absolute Gasteiger partial charge is 0.490 e. The number of aliphatic carboxylic acids is 1. The van der Waals surface area contributed by atoms with Gasteiger partial charge in [-0.15, -0.1) is 0 Å². The summed E-state index contributed by atoms with van der Waals surface area (Å²) in [4.78, 5) is 30.8. The molecule has 2 aliphatic rings. The van der Waals surface area contributed by atoms with Crippen molar-refractivity contribution >= 4 is 29.2 Å². The van der Waals surface area contributed by atoms with Crippen molar-refractivity contribution in [3.8, 4) is 5.75 Å². The predicted molar refractivity (Wildman–Crippen MR) is 146 cm³/mol. The summed E-state index contributed by atoms with van der Waals surface area (Å²) in [7, 11) is 1.74. The van der Waals surface area contributed by atoms with Crippen LogP contribution in [0, 0.1) is 13.8 Å². The molecule has 0 radical (unpaired) electrons. The third-order valence-electron chi connectivity index (χ3n) is 7.36. The third-order valence-corrected chi connectivity index (χ3v) is 7.69. The first-order valence-electron chi connectivity index (χ1n) is 13.0. The summed E-state index contributed by atoms with van der Waals surface area (Å²) >= 11 is 6.92. The molecule has 4 heterocycles. The number of ether oxygens (including phenoxy) is 1. The Morgan fingerprint density at radius 3 is 2.23 bits per heavy atom. The highest BCUT2D eigenvalue weighted by molar-refractivity contribution is 6.35. The van der Waals surface area contributed by atoms with Crippen LogP contribution < -0.4 is 14.5 Å². The van der Waals surface area contributed by atoms with E-state index in [2.05, 4.69) is 50.7 Å². The van der Waals surface area contributed by atoms with E-state index in [0.29, 0.717) is 10.9 Å². The van der Waals surface area contributed by atoms with E-state index in [4.69, 9.17) is 31.2 Å². The number of aryl methyl sites for hydroxylation is 2. The molecule has 5 rings (SSSR count). The fourth-order valence-electron chi connectivity index (χ4n) is 5.07. The highest BCUT2D eigenvalue weighted by Crippen LogP contribution is 2.36. The van der Waals surface area contributed by atoms with E-state index >= 15 is 0 Å². The van der Waals surface area contributed by atoms with Crippen LogP contribution in [0.2, 0.25) is 5.02 Å². The number of piperidine rings is 1. The average Bonchev–Trinajstić information content (AvgIpc) is 3.12. The van der Waals surface area contributed by atoms with Gasteiger partial charge in [-0.1, -0.05) is 23.7 Å². The van der Waals surface area contributed by atoms with Gasteiger partial charge in [-0.25, -0.2) is 19.7 Å². The Bertz CT molecular complexity index is 1320. The summed E-state index contributed by atoms with van der Waals surface area (Å²) in [5.41, 5.74) is 4.88. The number of aromatic nitrogens is 4. The summed E-state index contributed by atoms with van der Waals surface area (Å²) in [6.07, 6.45) is 0.472. The van der Waals surface area contributed by atoms with Gasteiger partial charge in [-0.3, -0.25) is 0 Å². The van der Waals surface area contributed by atoms with E-state index in [1.807, 2.05) is 6.07 Å². The Kier molecular flexibility index (Phi) is 9.07. The summed E-state index contributed by atoms with van der Waals surface area (Å²) in [5, 5.41) is 7.78. The highest BCUT2D eigenvalue weighted by Gasteiger charge is 2.38. The van der Waals surface area contributed by atoms with Gasteiger partial charge in [-0.05, 0) is 56.7 Å². The predicted octanol–water partition coefficient (Wildman–Crippen LogP) is 5.10. The molecule has 3 aromatic rings. The van der Waals surface area contributed by atoms with Crippen LogP contribution in [0.5, 0.6) is 5.75 Å². The number of rotatable bonds is 4. The molecule has 0 aliphatic carbocycles.